The number of H-pyrrole nitrogens is 2. The van der Waals surface area contributed by atoms with Crippen LogP contribution in [0.2, 0.25) is 0 Å². The molecule has 23 heavy (non-hydrogen) atoms. The fourth-order valence-corrected chi connectivity index (χ4v) is 1.49. The van der Waals surface area contributed by atoms with Gasteiger partial charge in [0.05, 0.1) is 12.8 Å². The summed E-state index contributed by atoms with van der Waals surface area (Å²) in [5.74, 6) is -1.12. The normalized spacial score (nSPS) is 10.6. The number of carbonyl (C=O) groups is 1. The third-order valence-corrected chi connectivity index (χ3v) is 2.53. The zero-order valence-corrected chi connectivity index (χ0v) is 11.5. The lowest BCUT2D eigenvalue weighted by Crippen LogP contribution is -2.31. The largest absolute Gasteiger partial charge is 0.508 e. The summed E-state index contributed by atoms with van der Waals surface area (Å²) in [6.07, 6.45) is 1.18. The second-order valence-corrected chi connectivity index (χ2v) is 4.25. The van der Waals surface area contributed by atoms with Gasteiger partial charge in [0, 0.05) is 11.6 Å². The zero-order valence-electron chi connectivity index (χ0n) is 11.5. The highest BCUT2D eigenvalue weighted by atomic mass is 16.3. The van der Waals surface area contributed by atoms with Crippen molar-refractivity contribution in [2.75, 3.05) is 11.9 Å². The molecule has 1 heterocycles. The van der Waals surface area contributed by atoms with Crippen LogP contribution in [0.15, 0.2) is 32.9 Å². The molecule has 0 bridgehead atoms. The van der Waals surface area contributed by atoms with E-state index < -0.39 is 17.2 Å². The van der Waals surface area contributed by atoms with Gasteiger partial charge in [-0.05, 0) is 12.1 Å². The van der Waals surface area contributed by atoms with E-state index >= 15 is 0 Å². The third-order valence-electron chi connectivity index (χ3n) is 2.53. The number of anilines is 1. The Hall–Kier alpha value is -3.63. The summed E-state index contributed by atoms with van der Waals surface area (Å²) in [6, 6.07) is 3.87. The van der Waals surface area contributed by atoms with Crippen molar-refractivity contribution in [1.82, 2.24) is 20.6 Å². The maximum Gasteiger partial charge on any atom is 0.342 e. The number of carbonyl (C=O) groups excluding carboxylic acids is 1. The van der Waals surface area contributed by atoms with E-state index in [0.29, 0.717) is 0 Å². The monoisotopic (exact) mass is 320 g/mol. The fourth-order valence-electron chi connectivity index (χ4n) is 1.49. The van der Waals surface area contributed by atoms with E-state index in [-0.39, 0.29) is 29.4 Å². The lowest BCUT2D eigenvalue weighted by Gasteiger charge is -2.02. The fraction of sp³-hybridized carbons (Fsp3) is 0.0833. The van der Waals surface area contributed by atoms with E-state index in [1.165, 1.54) is 18.3 Å². The summed E-state index contributed by atoms with van der Waals surface area (Å²) in [5.41, 5.74) is 0.918. The average Bonchev–Trinajstić information content (AvgIpc) is 2.48. The highest BCUT2D eigenvalue weighted by molar-refractivity contribution is 5.86. The van der Waals surface area contributed by atoms with Gasteiger partial charge in [-0.15, -0.1) is 5.10 Å². The molecule has 0 saturated heterocycles. The number of aromatic amines is 2. The summed E-state index contributed by atoms with van der Waals surface area (Å²) in [6.45, 7) is -0.318. The smallest absolute Gasteiger partial charge is 0.342 e. The summed E-state index contributed by atoms with van der Waals surface area (Å²) in [5, 5.41) is 30.1. The Morgan fingerprint density at radius 1 is 1.35 bits per heavy atom. The van der Waals surface area contributed by atoms with Crippen LogP contribution in [0.5, 0.6) is 11.5 Å². The maximum atomic E-state index is 11.5. The first kappa shape index (κ1) is 15.8. The number of amides is 1. The number of rotatable bonds is 5. The number of hydrogen-bond donors (Lipinski definition) is 6. The summed E-state index contributed by atoms with van der Waals surface area (Å²) in [4.78, 5) is 35.5. The lowest BCUT2D eigenvalue weighted by atomic mass is 10.2. The van der Waals surface area contributed by atoms with Gasteiger partial charge in [-0.1, -0.05) is 0 Å². The molecule has 1 aromatic carbocycles. The SMILES string of the molecule is O=C(CNc1n[nH]c(=O)[nH]c1=O)N/N=C/c1ccc(O)cc1O. The number of aromatic hydroxyl groups is 2. The van der Waals surface area contributed by atoms with Gasteiger partial charge in [-0.2, -0.15) is 5.10 Å². The van der Waals surface area contributed by atoms with E-state index in [1.54, 1.807) is 0 Å². The van der Waals surface area contributed by atoms with Gasteiger partial charge in [0.1, 0.15) is 11.5 Å². The average molecular weight is 320 g/mol. The first-order valence-corrected chi connectivity index (χ1v) is 6.22. The molecule has 0 spiro atoms. The summed E-state index contributed by atoms with van der Waals surface area (Å²) >= 11 is 0. The molecule has 2 aromatic rings. The van der Waals surface area contributed by atoms with E-state index in [1.807, 2.05) is 10.1 Å². The number of benzene rings is 1. The van der Waals surface area contributed by atoms with Gasteiger partial charge in [0.15, 0.2) is 0 Å². The predicted octanol–water partition coefficient (Wildman–Crippen LogP) is -1.57. The molecule has 0 aliphatic heterocycles. The van der Waals surface area contributed by atoms with Crippen molar-refractivity contribution in [2.45, 2.75) is 0 Å². The minimum absolute atomic E-state index is 0.105. The third kappa shape index (κ3) is 4.42. The van der Waals surface area contributed by atoms with Gasteiger partial charge in [-0.25, -0.2) is 15.3 Å². The molecule has 6 N–H and O–H groups in total. The molecular formula is C12H12N6O5. The minimum Gasteiger partial charge on any atom is -0.508 e. The molecule has 0 radical (unpaired) electrons. The van der Waals surface area contributed by atoms with Gasteiger partial charge in [0.25, 0.3) is 11.5 Å². The maximum absolute atomic E-state index is 11.5. The first-order valence-electron chi connectivity index (χ1n) is 6.22. The van der Waals surface area contributed by atoms with Crippen molar-refractivity contribution in [3.05, 3.63) is 44.6 Å². The number of hydrazone groups is 1. The molecule has 0 unspecified atom stereocenters. The number of nitrogens with one attached hydrogen (secondary N) is 4. The van der Waals surface area contributed by atoms with Crippen molar-refractivity contribution in [3.8, 4) is 11.5 Å². The van der Waals surface area contributed by atoms with Crippen LogP contribution in [0, 0.1) is 0 Å². The molecule has 0 fully saturated rings. The highest BCUT2D eigenvalue weighted by Gasteiger charge is 2.05. The number of hydrogen-bond acceptors (Lipinski definition) is 8. The Morgan fingerprint density at radius 3 is 2.83 bits per heavy atom. The van der Waals surface area contributed by atoms with Crippen LogP contribution in [0.3, 0.4) is 0 Å². The van der Waals surface area contributed by atoms with Crippen molar-refractivity contribution >= 4 is 17.9 Å². The molecule has 2 rings (SSSR count). The van der Waals surface area contributed by atoms with Gasteiger partial charge in [0.2, 0.25) is 5.82 Å². The van der Waals surface area contributed by atoms with Gasteiger partial charge in [-0.3, -0.25) is 14.6 Å². The van der Waals surface area contributed by atoms with Gasteiger partial charge < -0.3 is 15.5 Å². The molecule has 11 nitrogen and oxygen atoms in total. The summed E-state index contributed by atoms with van der Waals surface area (Å²) < 4.78 is 0. The highest BCUT2D eigenvalue weighted by Crippen LogP contribution is 2.20. The van der Waals surface area contributed by atoms with Crippen LogP contribution in [-0.4, -0.2) is 44.1 Å². The Kier molecular flexibility index (Phi) is 4.72. The zero-order chi connectivity index (χ0) is 16.8. The number of phenols is 2. The first-order chi connectivity index (χ1) is 11.0. The Bertz CT molecular complexity index is 856. The van der Waals surface area contributed by atoms with Crippen LogP contribution < -0.4 is 22.0 Å². The molecule has 0 saturated carbocycles. The van der Waals surface area contributed by atoms with E-state index in [2.05, 4.69) is 20.9 Å². The minimum atomic E-state index is -0.765. The summed E-state index contributed by atoms with van der Waals surface area (Å²) in [7, 11) is 0. The van der Waals surface area contributed by atoms with Crippen molar-refractivity contribution in [2.24, 2.45) is 5.10 Å². The number of phenolic OH excluding ortho intramolecular Hbond substituents is 2. The van der Waals surface area contributed by atoms with E-state index in [4.69, 9.17) is 5.11 Å². The molecule has 1 aromatic heterocycles. The van der Waals surface area contributed by atoms with Crippen LogP contribution in [0.1, 0.15) is 5.56 Å². The molecule has 0 atom stereocenters. The predicted molar refractivity (Wildman–Crippen MR) is 79.5 cm³/mol. The molecule has 1 amide bonds. The quantitative estimate of drug-likeness (QED) is 0.285. The second-order valence-electron chi connectivity index (χ2n) is 4.25. The van der Waals surface area contributed by atoms with Crippen molar-refractivity contribution < 1.29 is 15.0 Å². The number of nitrogens with zero attached hydrogens (tertiary/aromatic N) is 2. The standard InChI is InChI=1S/C12H12N6O5/c19-7-2-1-6(8(20)3-7)4-14-16-9(21)5-13-10-11(22)15-12(23)18-17-10/h1-4,19-20H,5H2,(H,13,17)(H,16,21)(H2,15,18,22,23)/b14-4+. The second kappa shape index (κ2) is 6.89. The molecule has 0 aliphatic carbocycles. The Labute approximate surface area is 127 Å². The number of aromatic nitrogens is 3. The topological polar surface area (TPSA) is 173 Å². The molecular weight excluding hydrogens is 308 g/mol. The van der Waals surface area contributed by atoms with Gasteiger partial charge >= 0.3 is 5.69 Å². The van der Waals surface area contributed by atoms with Crippen molar-refractivity contribution in [1.29, 1.82) is 0 Å². The van der Waals surface area contributed by atoms with E-state index in [9.17, 15) is 19.5 Å². The molecule has 11 heteroatoms. The van der Waals surface area contributed by atoms with Crippen LogP contribution >= 0.6 is 0 Å². The van der Waals surface area contributed by atoms with Crippen LogP contribution in [0.25, 0.3) is 0 Å². The Morgan fingerprint density at radius 2 is 2.13 bits per heavy atom. The molecule has 120 valence electrons. The lowest BCUT2D eigenvalue weighted by molar-refractivity contribution is -0.119. The Balaban J connectivity index is 1.88. The van der Waals surface area contributed by atoms with Crippen molar-refractivity contribution in [3.63, 3.8) is 0 Å². The van der Waals surface area contributed by atoms with Crippen LogP contribution in [0.4, 0.5) is 5.82 Å². The van der Waals surface area contributed by atoms with Crippen LogP contribution in [-0.2, 0) is 4.79 Å². The molecule has 0 aliphatic rings. The van der Waals surface area contributed by atoms with E-state index in [0.717, 1.165) is 6.07 Å².